The molecule has 2 rings (SSSR count). The summed E-state index contributed by atoms with van der Waals surface area (Å²) in [5.41, 5.74) is 3.08. The molecule has 21 heavy (non-hydrogen) atoms. The zero-order valence-corrected chi connectivity index (χ0v) is 10.1. The molecule has 0 atom stereocenters. The predicted molar refractivity (Wildman–Crippen MR) is 61.9 cm³/mol. The molecule has 0 saturated carbocycles. The Morgan fingerprint density at radius 1 is 0.857 bits per heavy atom. The van der Waals surface area contributed by atoms with Gasteiger partial charge in [-0.3, -0.25) is 0 Å². The van der Waals surface area contributed by atoms with Crippen LogP contribution in [0.1, 0.15) is 11.4 Å². The average molecular weight is 307 g/mol. The molecule has 112 valence electrons. The Morgan fingerprint density at radius 3 is 2.05 bits per heavy atom. The summed E-state index contributed by atoms with van der Waals surface area (Å²) in [6, 6.07) is 5.02. The Kier molecular flexibility index (Phi) is 3.52. The first-order chi connectivity index (χ1) is 9.59. The molecule has 2 aromatic rings. The Morgan fingerprint density at radius 2 is 1.48 bits per heavy atom. The van der Waals surface area contributed by atoms with Crippen LogP contribution in [-0.4, -0.2) is 9.97 Å². The lowest BCUT2D eigenvalue weighted by molar-refractivity contribution is -0.144. The number of hydrogen-bond donors (Lipinski definition) is 1. The lowest BCUT2D eigenvalue weighted by Crippen LogP contribution is -2.14. The van der Waals surface area contributed by atoms with E-state index in [2.05, 4.69) is 9.97 Å². The third-order valence-corrected chi connectivity index (χ3v) is 2.51. The fourth-order valence-corrected chi connectivity index (χ4v) is 1.68. The molecular weight excluding hydrogens is 300 g/mol. The van der Waals surface area contributed by atoms with Gasteiger partial charge in [-0.25, -0.2) is 9.97 Å². The molecular formula is C12H7F6N3. The summed E-state index contributed by atoms with van der Waals surface area (Å²) in [6.07, 6.45) is -9.63. The van der Waals surface area contributed by atoms with Gasteiger partial charge >= 0.3 is 12.4 Å². The number of anilines is 1. The fourth-order valence-electron chi connectivity index (χ4n) is 1.68. The molecule has 0 bridgehead atoms. The van der Waals surface area contributed by atoms with E-state index < -0.39 is 40.8 Å². The summed E-state index contributed by atoms with van der Waals surface area (Å²) in [4.78, 5) is 6.12. The van der Waals surface area contributed by atoms with Gasteiger partial charge in [0.05, 0.1) is 11.3 Å². The van der Waals surface area contributed by atoms with Crippen molar-refractivity contribution in [3.8, 4) is 11.3 Å². The van der Waals surface area contributed by atoms with Crippen molar-refractivity contribution in [2.45, 2.75) is 12.4 Å². The minimum absolute atomic E-state index is 0.496. The Bertz CT molecular complexity index is 663. The molecule has 1 heterocycles. The second-order valence-electron chi connectivity index (χ2n) is 4.04. The number of nitrogens with zero attached hydrogens (tertiary/aromatic N) is 2. The van der Waals surface area contributed by atoms with Gasteiger partial charge in [-0.05, 0) is 6.07 Å². The quantitative estimate of drug-likeness (QED) is 0.816. The number of rotatable bonds is 1. The number of nitrogen functional groups attached to an aromatic ring is 1. The average Bonchev–Trinajstić information content (AvgIpc) is 2.36. The van der Waals surface area contributed by atoms with E-state index in [4.69, 9.17) is 5.73 Å². The number of nitrogens with two attached hydrogens (primary N) is 1. The second kappa shape index (κ2) is 4.90. The largest absolute Gasteiger partial charge is 0.451 e. The van der Waals surface area contributed by atoms with E-state index in [0.717, 1.165) is 24.3 Å². The Labute approximate surface area is 114 Å². The molecule has 1 aromatic carbocycles. The Hall–Kier alpha value is -2.32. The van der Waals surface area contributed by atoms with Crippen molar-refractivity contribution in [2.75, 3.05) is 5.73 Å². The van der Waals surface area contributed by atoms with Crippen molar-refractivity contribution in [1.29, 1.82) is 0 Å². The number of benzene rings is 1. The molecule has 0 saturated heterocycles. The molecule has 2 N–H and O–H groups in total. The van der Waals surface area contributed by atoms with Crippen molar-refractivity contribution >= 4 is 5.82 Å². The fraction of sp³-hybridized carbons (Fsp3) is 0.167. The van der Waals surface area contributed by atoms with Crippen LogP contribution < -0.4 is 5.73 Å². The molecule has 0 spiro atoms. The van der Waals surface area contributed by atoms with Crippen LogP contribution in [0.25, 0.3) is 11.3 Å². The zero-order valence-electron chi connectivity index (χ0n) is 10.1. The molecule has 0 aliphatic rings. The maximum Gasteiger partial charge on any atom is 0.451 e. The summed E-state index contributed by atoms with van der Waals surface area (Å²) < 4.78 is 76.4. The molecule has 3 nitrogen and oxygen atoms in total. The highest BCUT2D eigenvalue weighted by Gasteiger charge is 2.37. The first-order valence-electron chi connectivity index (χ1n) is 5.47. The van der Waals surface area contributed by atoms with E-state index in [1.165, 1.54) is 6.07 Å². The number of alkyl halides is 6. The number of hydrogen-bond acceptors (Lipinski definition) is 3. The molecule has 9 heteroatoms. The van der Waals surface area contributed by atoms with Crippen LogP contribution in [0, 0.1) is 0 Å². The van der Waals surface area contributed by atoms with E-state index in [1.807, 2.05) is 0 Å². The smallest absolute Gasteiger partial charge is 0.384 e. The Balaban J connectivity index is 2.66. The van der Waals surface area contributed by atoms with Gasteiger partial charge in [-0.15, -0.1) is 0 Å². The molecule has 0 aliphatic carbocycles. The van der Waals surface area contributed by atoms with Crippen molar-refractivity contribution in [2.24, 2.45) is 0 Å². The van der Waals surface area contributed by atoms with Crippen LogP contribution in [-0.2, 0) is 12.4 Å². The van der Waals surface area contributed by atoms with E-state index in [-0.39, 0.29) is 0 Å². The molecule has 0 aliphatic heterocycles. The van der Waals surface area contributed by atoms with Gasteiger partial charge in [0.25, 0.3) is 0 Å². The van der Waals surface area contributed by atoms with Crippen LogP contribution in [0.15, 0.2) is 30.3 Å². The third kappa shape index (κ3) is 3.23. The number of halogens is 6. The first kappa shape index (κ1) is 15.1. The van der Waals surface area contributed by atoms with Crippen molar-refractivity contribution in [3.05, 3.63) is 41.7 Å². The first-order valence-corrected chi connectivity index (χ1v) is 5.47. The van der Waals surface area contributed by atoms with Gasteiger partial charge in [0.2, 0.25) is 5.82 Å². The van der Waals surface area contributed by atoms with Crippen molar-refractivity contribution < 1.29 is 26.3 Å². The summed E-state index contributed by atoms with van der Waals surface area (Å²) >= 11 is 0. The topological polar surface area (TPSA) is 51.8 Å². The lowest BCUT2D eigenvalue weighted by Gasteiger charge is -2.13. The molecule has 0 fully saturated rings. The predicted octanol–water partition coefficient (Wildman–Crippen LogP) is 3.76. The molecule has 1 aromatic heterocycles. The summed E-state index contributed by atoms with van der Waals surface area (Å²) in [6.45, 7) is 0. The highest BCUT2D eigenvalue weighted by atomic mass is 19.4. The minimum Gasteiger partial charge on any atom is -0.384 e. The summed E-state index contributed by atoms with van der Waals surface area (Å²) in [5.74, 6) is -2.15. The lowest BCUT2D eigenvalue weighted by atomic mass is 10.0. The van der Waals surface area contributed by atoms with Crippen LogP contribution >= 0.6 is 0 Å². The van der Waals surface area contributed by atoms with Crippen LogP contribution in [0.2, 0.25) is 0 Å². The van der Waals surface area contributed by atoms with Crippen LogP contribution in [0.3, 0.4) is 0 Å². The van der Waals surface area contributed by atoms with Crippen molar-refractivity contribution in [3.63, 3.8) is 0 Å². The van der Waals surface area contributed by atoms with E-state index in [0.29, 0.717) is 0 Å². The van der Waals surface area contributed by atoms with Gasteiger partial charge in [0.1, 0.15) is 5.82 Å². The minimum atomic E-state index is -4.91. The SMILES string of the molecule is Nc1cc(-c2ccccc2C(F)(F)F)nc(C(F)(F)F)n1. The third-order valence-electron chi connectivity index (χ3n) is 2.51. The normalized spacial score (nSPS) is 12.5. The highest BCUT2D eigenvalue weighted by molar-refractivity contribution is 5.66. The molecule has 0 radical (unpaired) electrons. The van der Waals surface area contributed by atoms with Crippen LogP contribution in [0.5, 0.6) is 0 Å². The molecule has 0 amide bonds. The van der Waals surface area contributed by atoms with Gasteiger partial charge < -0.3 is 5.73 Å². The standard InChI is InChI=1S/C12H7F6N3/c13-11(14,15)7-4-2-1-3-6(7)8-5-9(19)21-10(20-8)12(16,17)18/h1-5H,(H2,19,20,21). The monoisotopic (exact) mass is 307 g/mol. The second-order valence-corrected chi connectivity index (χ2v) is 4.04. The maximum atomic E-state index is 12.9. The number of aromatic nitrogens is 2. The summed E-state index contributed by atoms with van der Waals surface area (Å²) in [7, 11) is 0. The van der Waals surface area contributed by atoms with Gasteiger partial charge in [0.15, 0.2) is 0 Å². The van der Waals surface area contributed by atoms with Gasteiger partial charge in [0, 0.05) is 11.6 Å². The maximum absolute atomic E-state index is 12.9. The van der Waals surface area contributed by atoms with Gasteiger partial charge in [-0.2, -0.15) is 26.3 Å². The summed E-state index contributed by atoms with van der Waals surface area (Å²) in [5, 5.41) is 0. The van der Waals surface area contributed by atoms with E-state index >= 15 is 0 Å². The highest BCUT2D eigenvalue weighted by Crippen LogP contribution is 2.37. The molecule has 0 unspecified atom stereocenters. The zero-order chi connectivity index (χ0) is 15.8. The van der Waals surface area contributed by atoms with Gasteiger partial charge in [-0.1, -0.05) is 18.2 Å². The van der Waals surface area contributed by atoms with E-state index in [9.17, 15) is 26.3 Å². The van der Waals surface area contributed by atoms with E-state index in [1.54, 1.807) is 0 Å². The van der Waals surface area contributed by atoms with Crippen LogP contribution in [0.4, 0.5) is 32.2 Å². The van der Waals surface area contributed by atoms with Crippen molar-refractivity contribution in [1.82, 2.24) is 9.97 Å².